The molecule has 138 valence electrons. The molecule has 0 amide bonds. The first-order valence-electron chi connectivity index (χ1n) is 8.72. The van der Waals surface area contributed by atoms with E-state index in [-0.39, 0.29) is 17.2 Å². The molecule has 0 spiro atoms. The van der Waals surface area contributed by atoms with Gasteiger partial charge < -0.3 is 25.3 Å². The number of nitrogens with zero attached hydrogens (tertiary/aromatic N) is 2. The van der Waals surface area contributed by atoms with Gasteiger partial charge in [0.1, 0.15) is 11.7 Å². The second-order valence-electron chi connectivity index (χ2n) is 6.90. The number of carboxylic acid groups (broad SMARTS) is 2. The van der Waals surface area contributed by atoms with Crippen molar-refractivity contribution >= 4 is 23.3 Å². The molecule has 4 rings (SSSR count). The summed E-state index contributed by atoms with van der Waals surface area (Å²) in [6.07, 6.45) is 3.22. The number of hydrogen-bond acceptors (Lipinski definition) is 5. The van der Waals surface area contributed by atoms with Crippen molar-refractivity contribution in [3.8, 4) is 0 Å². The molecule has 1 atom stereocenters. The molecule has 3 N–H and O–H groups in total. The highest BCUT2D eigenvalue weighted by Crippen LogP contribution is 2.45. The summed E-state index contributed by atoms with van der Waals surface area (Å²) in [7, 11) is 0. The van der Waals surface area contributed by atoms with Crippen LogP contribution in [0.15, 0.2) is 23.9 Å². The molecule has 1 saturated heterocycles. The van der Waals surface area contributed by atoms with E-state index in [1.165, 1.54) is 12.3 Å². The van der Waals surface area contributed by atoms with E-state index in [0.29, 0.717) is 24.5 Å². The second kappa shape index (κ2) is 6.28. The van der Waals surface area contributed by atoms with Crippen molar-refractivity contribution in [1.29, 1.82) is 0 Å². The highest BCUT2D eigenvalue weighted by Gasteiger charge is 2.41. The van der Waals surface area contributed by atoms with Crippen LogP contribution in [0.25, 0.3) is 0 Å². The van der Waals surface area contributed by atoms with Gasteiger partial charge in [0.2, 0.25) is 0 Å². The Hall–Kier alpha value is -2.61. The number of anilines is 2. The SMILES string of the molecule is O=C(O)C1=CN(C2CC2)c2cc(N3CCNCC3)c(F)cc2C1C(=O)O. The van der Waals surface area contributed by atoms with E-state index in [0.717, 1.165) is 25.9 Å². The van der Waals surface area contributed by atoms with Gasteiger partial charge in [-0.15, -0.1) is 0 Å². The number of aliphatic carboxylic acids is 2. The van der Waals surface area contributed by atoms with Crippen molar-refractivity contribution in [2.75, 3.05) is 36.0 Å². The molecule has 7 nitrogen and oxygen atoms in total. The Bertz CT molecular complexity index is 800. The molecule has 2 fully saturated rings. The summed E-state index contributed by atoms with van der Waals surface area (Å²) in [5, 5.41) is 22.3. The molecule has 2 aliphatic heterocycles. The summed E-state index contributed by atoms with van der Waals surface area (Å²) in [6, 6.07) is 3.02. The lowest BCUT2D eigenvalue weighted by atomic mass is 9.86. The van der Waals surface area contributed by atoms with Crippen LogP contribution in [0, 0.1) is 5.82 Å². The van der Waals surface area contributed by atoms with Gasteiger partial charge in [-0.1, -0.05) is 0 Å². The smallest absolute Gasteiger partial charge is 0.334 e. The molecule has 1 aromatic rings. The van der Waals surface area contributed by atoms with Gasteiger partial charge in [0, 0.05) is 44.1 Å². The molecule has 2 heterocycles. The zero-order valence-corrected chi connectivity index (χ0v) is 14.1. The highest BCUT2D eigenvalue weighted by molar-refractivity contribution is 6.00. The fourth-order valence-electron chi connectivity index (χ4n) is 3.73. The maximum atomic E-state index is 14.8. The van der Waals surface area contributed by atoms with Crippen molar-refractivity contribution < 1.29 is 24.2 Å². The minimum atomic E-state index is -1.37. The summed E-state index contributed by atoms with van der Waals surface area (Å²) >= 11 is 0. The van der Waals surface area contributed by atoms with Gasteiger partial charge in [-0.2, -0.15) is 0 Å². The summed E-state index contributed by atoms with van der Waals surface area (Å²) in [5.74, 6) is -4.46. The average Bonchev–Trinajstić information content (AvgIpc) is 3.45. The molecule has 26 heavy (non-hydrogen) atoms. The van der Waals surface area contributed by atoms with Crippen LogP contribution in [0.1, 0.15) is 24.3 Å². The molecule has 1 aliphatic carbocycles. The van der Waals surface area contributed by atoms with Crippen LogP contribution < -0.4 is 15.1 Å². The van der Waals surface area contributed by atoms with Crippen molar-refractivity contribution in [2.24, 2.45) is 0 Å². The lowest BCUT2D eigenvalue weighted by Crippen LogP contribution is -2.44. The Morgan fingerprint density at radius 2 is 1.81 bits per heavy atom. The molecule has 0 radical (unpaired) electrons. The zero-order valence-electron chi connectivity index (χ0n) is 14.1. The number of carboxylic acids is 2. The van der Waals surface area contributed by atoms with Crippen LogP contribution in [0.3, 0.4) is 0 Å². The van der Waals surface area contributed by atoms with Gasteiger partial charge in [0.25, 0.3) is 0 Å². The van der Waals surface area contributed by atoms with Crippen molar-refractivity contribution in [3.05, 3.63) is 35.3 Å². The monoisotopic (exact) mass is 361 g/mol. The first-order valence-corrected chi connectivity index (χ1v) is 8.72. The quantitative estimate of drug-likeness (QED) is 0.745. The summed E-state index contributed by atoms with van der Waals surface area (Å²) in [4.78, 5) is 27.1. The number of fused-ring (bicyclic) bond motifs is 1. The van der Waals surface area contributed by atoms with E-state index < -0.39 is 23.7 Å². The van der Waals surface area contributed by atoms with E-state index in [9.17, 15) is 24.2 Å². The molecular formula is C18H20FN3O4. The summed E-state index contributed by atoms with van der Waals surface area (Å²) in [6.45, 7) is 2.84. The van der Waals surface area contributed by atoms with Gasteiger partial charge in [-0.05, 0) is 30.5 Å². The Morgan fingerprint density at radius 1 is 1.12 bits per heavy atom. The van der Waals surface area contributed by atoms with Crippen LogP contribution in [-0.4, -0.2) is 54.4 Å². The fourth-order valence-corrected chi connectivity index (χ4v) is 3.73. The van der Waals surface area contributed by atoms with Crippen molar-refractivity contribution in [1.82, 2.24) is 5.32 Å². The largest absolute Gasteiger partial charge is 0.481 e. The normalized spacial score (nSPS) is 22.7. The molecule has 1 aromatic carbocycles. The fraction of sp³-hybridized carbons (Fsp3) is 0.444. The third kappa shape index (κ3) is 2.80. The van der Waals surface area contributed by atoms with Gasteiger partial charge >= 0.3 is 11.9 Å². The third-order valence-electron chi connectivity index (χ3n) is 5.17. The average molecular weight is 361 g/mol. The van der Waals surface area contributed by atoms with E-state index in [2.05, 4.69) is 5.32 Å². The number of piperazine rings is 1. The number of benzene rings is 1. The number of nitrogens with one attached hydrogen (secondary N) is 1. The van der Waals surface area contributed by atoms with Crippen LogP contribution >= 0.6 is 0 Å². The van der Waals surface area contributed by atoms with E-state index in [1.807, 2.05) is 9.80 Å². The van der Waals surface area contributed by atoms with Crippen LogP contribution in [0.2, 0.25) is 0 Å². The minimum Gasteiger partial charge on any atom is -0.481 e. The maximum absolute atomic E-state index is 14.8. The van der Waals surface area contributed by atoms with Crippen molar-refractivity contribution in [3.63, 3.8) is 0 Å². The number of carbonyl (C=O) groups is 2. The van der Waals surface area contributed by atoms with Crippen LogP contribution in [-0.2, 0) is 9.59 Å². The first kappa shape index (κ1) is 16.8. The van der Waals surface area contributed by atoms with E-state index in [1.54, 1.807) is 6.07 Å². The molecular weight excluding hydrogens is 341 g/mol. The molecule has 0 bridgehead atoms. The molecule has 8 heteroatoms. The lowest BCUT2D eigenvalue weighted by molar-refractivity contribution is -0.141. The van der Waals surface area contributed by atoms with Gasteiger partial charge in [-0.3, -0.25) is 4.79 Å². The Morgan fingerprint density at radius 3 is 2.38 bits per heavy atom. The molecule has 1 unspecified atom stereocenters. The van der Waals surface area contributed by atoms with Crippen LogP contribution in [0.4, 0.5) is 15.8 Å². The highest BCUT2D eigenvalue weighted by atomic mass is 19.1. The number of rotatable bonds is 4. The summed E-state index contributed by atoms with van der Waals surface area (Å²) < 4.78 is 14.8. The van der Waals surface area contributed by atoms with Crippen LogP contribution in [0.5, 0.6) is 0 Å². The van der Waals surface area contributed by atoms with E-state index >= 15 is 0 Å². The molecule has 1 saturated carbocycles. The standard InChI is InChI=1S/C18H20FN3O4/c19-13-7-11-14(8-15(13)21-5-3-20-4-6-21)22(10-1-2-10)9-12(17(23)24)16(11)18(25)26/h7-10,16,20H,1-6H2,(H,23,24)(H,25,26). The zero-order chi connectivity index (χ0) is 18.4. The van der Waals surface area contributed by atoms with Crippen molar-refractivity contribution in [2.45, 2.75) is 24.8 Å². The Balaban J connectivity index is 1.84. The molecule has 0 aromatic heterocycles. The predicted octanol–water partition coefficient (Wildman–Crippen LogP) is 1.35. The van der Waals surface area contributed by atoms with Gasteiger partial charge in [-0.25, -0.2) is 9.18 Å². The second-order valence-corrected chi connectivity index (χ2v) is 6.90. The van der Waals surface area contributed by atoms with Gasteiger partial charge in [0.05, 0.1) is 11.3 Å². The van der Waals surface area contributed by atoms with E-state index in [4.69, 9.17) is 0 Å². The minimum absolute atomic E-state index is 0.138. The predicted molar refractivity (Wildman–Crippen MR) is 93.1 cm³/mol. The first-order chi connectivity index (χ1) is 12.5. The Kier molecular flexibility index (Phi) is 4.07. The number of halogens is 1. The van der Waals surface area contributed by atoms with Gasteiger partial charge in [0.15, 0.2) is 0 Å². The summed E-state index contributed by atoms with van der Waals surface area (Å²) in [5.41, 5.74) is 1.01. The molecule has 3 aliphatic rings. The Labute approximate surface area is 149 Å². The topological polar surface area (TPSA) is 93.1 Å². The number of hydrogen-bond donors (Lipinski definition) is 3. The third-order valence-corrected chi connectivity index (χ3v) is 5.17. The lowest BCUT2D eigenvalue weighted by Gasteiger charge is -2.35. The maximum Gasteiger partial charge on any atom is 0.334 e.